The molecule has 1 aliphatic rings. The van der Waals surface area contributed by atoms with Crippen LogP contribution in [0.25, 0.3) is 0 Å². The van der Waals surface area contributed by atoms with E-state index in [9.17, 15) is 0 Å². The summed E-state index contributed by atoms with van der Waals surface area (Å²) in [6, 6.07) is 0. The highest BCUT2D eigenvalue weighted by Gasteiger charge is 2.20. The van der Waals surface area contributed by atoms with Gasteiger partial charge in [-0.1, -0.05) is 13.3 Å². The van der Waals surface area contributed by atoms with Crippen LogP contribution < -0.4 is 16.2 Å². The molecule has 3 N–H and O–H groups in total. The van der Waals surface area contributed by atoms with Gasteiger partial charge >= 0.3 is 0 Å². The molecule has 2 heterocycles. The van der Waals surface area contributed by atoms with E-state index in [2.05, 4.69) is 43.1 Å². The third kappa shape index (κ3) is 2.87. The molecular weight excluding hydrogens is 282 g/mol. The normalized spacial score (nSPS) is 17.2. The number of hydrogen-bond donors (Lipinski definition) is 2. The summed E-state index contributed by atoms with van der Waals surface area (Å²) in [4.78, 5) is 10.8. The number of hydrogen-bond acceptors (Lipinski definition) is 5. The highest BCUT2D eigenvalue weighted by molar-refractivity contribution is 9.10. The number of nitrogens with one attached hydrogen (secondary N) is 1. The number of hydrazine groups is 1. The van der Waals surface area contributed by atoms with Crippen molar-refractivity contribution in [1.29, 1.82) is 0 Å². The molecule has 17 heavy (non-hydrogen) atoms. The predicted molar refractivity (Wildman–Crippen MR) is 72.8 cm³/mol. The third-order valence-corrected chi connectivity index (χ3v) is 3.91. The molecule has 1 aromatic heterocycles. The average Bonchev–Trinajstić information content (AvgIpc) is 2.39. The maximum Gasteiger partial charge on any atom is 0.239 e. The van der Waals surface area contributed by atoms with Crippen LogP contribution in [-0.2, 0) is 0 Å². The van der Waals surface area contributed by atoms with E-state index >= 15 is 0 Å². The number of nitrogens with two attached hydrogens (primary N) is 1. The Morgan fingerprint density at radius 1 is 1.53 bits per heavy atom. The molecule has 2 rings (SSSR count). The van der Waals surface area contributed by atoms with E-state index in [0.29, 0.717) is 5.95 Å². The molecule has 0 radical (unpaired) electrons. The fourth-order valence-electron chi connectivity index (χ4n) is 2.20. The standard InChI is InChI=1S/C11H18BrN5/c1-2-8-3-5-17(6-4-8)10-9(12)7-14-11(15-10)16-13/h7-8H,2-6,13H2,1H3,(H,14,15,16). The topological polar surface area (TPSA) is 67.1 Å². The second kappa shape index (κ2) is 5.64. The first-order chi connectivity index (χ1) is 8.24. The zero-order valence-corrected chi connectivity index (χ0v) is 11.6. The van der Waals surface area contributed by atoms with E-state index in [0.717, 1.165) is 29.3 Å². The number of rotatable bonds is 3. The SMILES string of the molecule is CCC1CCN(c2nc(NN)ncc2Br)CC1. The maximum absolute atomic E-state index is 5.33. The van der Waals surface area contributed by atoms with Gasteiger partial charge < -0.3 is 4.90 Å². The average molecular weight is 300 g/mol. The van der Waals surface area contributed by atoms with Crippen molar-refractivity contribution in [3.8, 4) is 0 Å². The van der Waals surface area contributed by atoms with Crippen molar-refractivity contribution in [3.05, 3.63) is 10.7 Å². The predicted octanol–water partition coefficient (Wildman–Crippen LogP) is 2.15. The van der Waals surface area contributed by atoms with Gasteiger partial charge in [0.05, 0.1) is 4.47 Å². The number of aromatic nitrogens is 2. The van der Waals surface area contributed by atoms with Crippen LogP contribution in [0.1, 0.15) is 26.2 Å². The van der Waals surface area contributed by atoms with Crippen LogP contribution in [0.15, 0.2) is 10.7 Å². The first-order valence-corrected chi connectivity index (χ1v) is 6.78. The lowest BCUT2D eigenvalue weighted by Crippen LogP contribution is -2.34. The molecule has 0 amide bonds. The molecule has 94 valence electrons. The summed E-state index contributed by atoms with van der Waals surface area (Å²) in [6.45, 7) is 4.37. The summed E-state index contributed by atoms with van der Waals surface area (Å²) in [6.07, 6.45) is 5.48. The minimum absolute atomic E-state index is 0.459. The quantitative estimate of drug-likeness (QED) is 0.661. The molecule has 6 heteroatoms. The third-order valence-electron chi connectivity index (χ3n) is 3.35. The van der Waals surface area contributed by atoms with Gasteiger partial charge in [0.1, 0.15) is 5.82 Å². The van der Waals surface area contributed by atoms with E-state index in [4.69, 9.17) is 5.84 Å². The zero-order chi connectivity index (χ0) is 12.3. The van der Waals surface area contributed by atoms with Crippen molar-refractivity contribution >= 4 is 27.7 Å². The summed E-state index contributed by atoms with van der Waals surface area (Å²) in [5, 5.41) is 0. The van der Waals surface area contributed by atoms with Gasteiger partial charge in [-0.05, 0) is 34.7 Å². The largest absolute Gasteiger partial charge is 0.355 e. The van der Waals surface area contributed by atoms with E-state index in [-0.39, 0.29) is 0 Å². The lowest BCUT2D eigenvalue weighted by molar-refractivity contribution is 0.393. The van der Waals surface area contributed by atoms with Crippen LogP contribution in [0.4, 0.5) is 11.8 Å². The minimum atomic E-state index is 0.459. The number of nitrogen functional groups attached to an aromatic ring is 1. The van der Waals surface area contributed by atoms with Crippen molar-refractivity contribution in [2.24, 2.45) is 11.8 Å². The Labute approximate surface area is 110 Å². The van der Waals surface area contributed by atoms with Crippen LogP contribution >= 0.6 is 15.9 Å². The second-order valence-corrected chi connectivity index (χ2v) is 5.20. The first kappa shape index (κ1) is 12.6. The molecular formula is C11H18BrN5. The number of nitrogens with zero attached hydrogens (tertiary/aromatic N) is 3. The summed E-state index contributed by atoms with van der Waals surface area (Å²) in [5.74, 6) is 7.59. The number of halogens is 1. The fraction of sp³-hybridized carbons (Fsp3) is 0.636. The van der Waals surface area contributed by atoms with E-state index in [1.807, 2.05) is 0 Å². The molecule has 1 fully saturated rings. The Kier molecular flexibility index (Phi) is 4.17. The highest BCUT2D eigenvalue weighted by atomic mass is 79.9. The smallest absolute Gasteiger partial charge is 0.239 e. The lowest BCUT2D eigenvalue weighted by atomic mass is 9.94. The van der Waals surface area contributed by atoms with Crippen LogP contribution in [0.3, 0.4) is 0 Å². The van der Waals surface area contributed by atoms with Gasteiger partial charge in [-0.2, -0.15) is 4.98 Å². The van der Waals surface area contributed by atoms with Gasteiger partial charge in [0.25, 0.3) is 0 Å². The van der Waals surface area contributed by atoms with Crippen molar-refractivity contribution < 1.29 is 0 Å². The van der Waals surface area contributed by atoms with Gasteiger partial charge in [0.2, 0.25) is 5.95 Å². The Morgan fingerprint density at radius 2 is 2.24 bits per heavy atom. The van der Waals surface area contributed by atoms with Crippen molar-refractivity contribution in [2.75, 3.05) is 23.4 Å². The van der Waals surface area contributed by atoms with Gasteiger partial charge in [-0.15, -0.1) is 0 Å². The molecule has 0 aromatic carbocycles. The van der Waals surface area contributed by atoms with Crippen molar-refractivity contribution in [3.63, 3.8) is 0 Å². The van der Waals surface area contributed by atoms with Crippen molar-refractivity contribution in [2.45, 2.75) is 26.2 Å². The molecule has 0 bridgehead atoms. The van der Waals surface area contributed by atoms with Gasteiger partial charge in [-0.25, -0.2) is 10.8 Å². The zero-order valence-electron chi connectivity index (χ0n) is 9.99. The van der Waals surface area contributed by atoms with Gasteiger partial charge in [0, 0.05) is 19.3 Å². The van der Waals surface area contributed by atoms with E-state index in [1.165, 1.54) is 19.3 Å². The minimum Gasteiger partial charge on any atom is -0.355 e. The number of anilines is 2. The van der Waals surface area contributed by atoms with Gasteiger partial charge in [-0.3, -0.25) is 5.43 Å². The van der Waals surface area contributed by atoms with Crippen LogP contribution in [-0.4, -0.2) is 23.1 Å². The molecule has 0 spiro atoms. The molecule has 1 aromatic rings. The van der Waals surface area contributed by atoms with Crippen LogP contribution in [0.2, 0.25) is 0 Å². The summed E-state index contributed by atoms with van der Waals surface area (Å²) < 4.78 is 0.923. The summed E-state index contributed by atoms with van der Waals surface area (Å²) in [5.41, 5.74) is 2.48. The molecule has 0 atom stereocenters. The molecule has 5 nitrogen and oxygen atoms in total. The maximum atomic E-state index is 5.33. The Morgan fingerprint density at radius 3 is 2.82 bits per heavy atom. The van der Waals surface area contributed by atoms with E-state index in [1.54, 1.807) is 6.20 Å². The Bertz CT molecular complexity index is 376. The molecule has 1 aliphatic heterocycles. The first-order valence-electron chi connectivity index (χ1n) is 5.98. The second-order valence-electron chi connectivity index (χ2n) is 4.35. The summed E-state index contributed by atoms with van der Waals surface area (Å²) >= 11 is 3.49. The number of piperidine rings is 1. The van der Waals surface area contributed by atoms with Gasteiger partial charge in [0.15, 0.2) is 0 Å². The monoisotopic (exact) mass is 299 g/mol. The molecule has 0 unspecified atom stereocenters. The van der Waals surface area contributed by atoms with Crippen LogP contribution in [0, 0.1) is 5.92 Å². The Balaban J connectivity index is 2.12. The molecule has 0 aliphatic carbocycles. The molecule has 0 saturated carbocycles. The van der Waals surface area contributed by atoms with Crippen molar-refractivity contribution in [1.82, 2.24) is 9.97 Å². The lowest BCUT2D eigenvalue weighted by Gasteiger charge is -2.32. The van der Waals surface area contributed by atoms with E-state index < -0.39 is 0 Å². The Hall–Kier alpha value is -0.880. The summed E-state index contributed by atoms with van der Waals surface area (Å²) in [7, 11) is 0. The highest BCUT2D eigenvalue weighted by Crippen LogP contribution is 2.29. The van der Waals surface area contributed by atoms with Crippen LogP contribution in [0.5, 0.6) is 0 Å². The fourth-order valence-corrected chi connectivity index (χ4v) is 2.64. The molecule has 1 saturated heterocycles.